The first-order valence-corrected chi connectivity index (χ1v) is 12.6. The maximum atomic E-state index is 12.6. The lowest BCUT2D eigenvalue weighted by Crippen LogP contribution is -2.39. The highest BCUT2D eigenvalue weighted by Crippen LogP contribution is 2.25. The lowest BCUT2D eigenvalue weighted by atomic mass is 10.0. The molecule has 0 saturated carbocycles. The van der Waals surface area contributed by atoms with E-state index in [0.717, 1.165) is 22.4 Å². The summed E-state index contributed by atoms with van der Waals surface area (Å²) in [4.78, 5) is 26.5. The fourth-order valence-electron chi connectivity index (χ4n) is 4.69. The second kappa shape index (κ2) is 11.6. The highest BCUT2D eigenvalue weighted by Gasteiger charge is 2.37. The van der Waals surface area contributed by atoms with Crippen LogP contribution in [0.4, 0.5) is 10.5 Å². The summed E-state index contributed by atoms with van der Waals surface area (Å²) in [6, 6.07) is 33.5. The average Bonchev–Trinajstić information content (AvgIpc) is 3.33. The summed E-state index contributed by atoms with van der Waals surface area (Å²) in [6.45, 7) is 0.948. The molecule has 1 fully saturated rings. The standard InChI is InChI=1S/C31H29N3O4/c35-30(36)29-19-26(21-34(29)20-22-11-13-24(14-12-22)23-7-3-1-4-8-23)33-31(37)32-25-15-17-28(18-16-25)38-27-9-5-2-6-10-27/h1-18,26,29H,19-21H2,(H,35,36)(H2,32,33,37)/t26-,29-/m0/s1. The molecule has 2 amide bonds. The van der Waals surface area contributed by atoms with Crippen molar-refractivity contribution in [1.29, 1.82) is 0 Å². The number of para-hydroxylation sites is 1. The monoisotopic (exact) mass is 507 g/mol. The van der Waals surface area contributed by atoms with Crippen LogP contribution in [0.1, 0.15) is 12.0 Å². The Balaban J connectivity index is 1.15. The maximum Gasteiger partial charge on any atom is 0.321 e. The van der Waals surface area contributed by atoms with Gasteiger partial charge in [-0.05, 0) is 59.5 Å². The van der Waals surface area contributed by atoms with Gasteiger partial charge in [-0.3, -0.25) is 9.69 Å². The molecule has 7 nitrogen and oxygen atoms in total. The minimum Gasteiger partial charge on any atom is -0.480 e. The number of benzene rings is 4. The molecule has 1 heterocycles. The summed E-state index contributed by atoms with van der Waals surface area (Å²) < 4.78 is 5.78. The van der Waals surface area contributed by atoms with E-state index in [-0.39, 0.29) is 12.1 Å². The van der Waals surface area contributed by atoms with Crippen molar-refractivity contribution in [2.75, 3.05) is 11.9 Å². The van der Waals surface area contributed by atoms with E-state index in [2.05, 4.69) is 34.9 Å². The number of hydrogen-bond donors (Lipinski definition) is 3. The first kappa shape index (κ1) is 25.0. The van der Waals surface area contributed by atoms with Crippen LogP contribution in [0.5, 0.6) is 11.5 Å². The molecule has 2 atom stereocenters. The van der Waals surface area contributed by atoms with Gasteiger partial charge in [-0.25, -0.2) is 4.79 Å². The molecule has 0 unspecified atom stereocenters. The van der Waals surface area contributed by atoms with Gasteiger partial charge in [0.15, 0.2) is 0 Å². The van der Waals surface area contributed by atoms with Gasteiger partial charge in [0.2, 0.25) is 0 Å². The molecule has 38 heavy (non-hydrogen) atoms. The minimum atomic E-state index is -0.885. The minimum absolute atomic E-state index is 0.277. The summed E-state index contributed by atoms with van der Waals surface area (Å²) in [5.74, 6) is 0.510. The molecular weight excluding hydrogens is 478 g/mol. The van der Waals surface area contributed by atoms with Crippen LogP contribution in [0, 0.1) is 0 Å². The molecule has 0 spiro atoms. The number of carbonyl (C=O) groups excluding carboxylic acids is 1. The largest absolute Gasteiger partial charge is 0.480 e. The van der Waals surface area contributed by atoms with Gasteiger partial charge in [0.05, 0.1) is 0 Å². The van der Waals surface area contributed by atoms with Crippen LogP contribution in [0.2, 0.25) is 0 Å². The quantitative estimate of drug-likeness (QED) is 0.272. The Morgan fingerprint density at radius 2 is 1.39 bits per heavy atom. The zero-order valence-electron chi connectivity index (χ0n) is 20.8. The normalized spacial score (nSPS) is 17.1. The zero-order valence-corrected chi connectivity index (χ0v) is 20.8. The van der Waals surface area contributed by atoms with Gasteiger partial charge in [0, 0.05) is 24.8 Å². The van der Waals surface area contributed by atoms with Gasteiger partial charge in [0.25, 0.3) is 0 Å². The molecule has 7 heteroatoms. The number of aliphatic carboxylic acids is 1. The third kappa shape index (κ3) is 6.38. The van der Waals surface area contributed by atoms with E-state index in [4.69, 9.17) is 4.74 Å². The molecule has 0 aliphatic carbocycles. The second-order valence-electron chi connectivity index (χ2n) is 9.32. The molecule has 192 valence electrons. The molecule has 1 saturated heterocycles. The highest BCUT2D eigenvalue weighted by molar-refractivity contribution is 5.89. The van der Waals surface area contributed by atoms with Crippen LogP contribution in [0.15, 0.2) is 109 Å². The van der Waals surface area contributed by atoms with Gasteiger partial charge >= 0.3 is 12.0 Å². The third-order valence-corrected chi connectivity index (χ3v) is 6.56. The van der Waals surface area contributed by atoms with Gasteiger partial charge in [-0.1, -0.05) is 72.8 Å². The Labute approximate surface area is 221 Å². The summed E-state index contributed by atoms with van der Waals surface area (Å²) >= 11 is 0. The lowest BCUT2D eigenvalue weighted by Gasteiger charge is -2.21. The molecule has 3 N–H and O–H groups in total. The van der Waals surface area contributed by atoms with E-state index in [9.17, 15) is 14.7 Å². The van der Waals surface area contributed by atoms with E-state index in [0.29, 0.717) is 30.9 Å². The lowest BCUT2D eigenvalue weighted by molar-refractivity contribution is -0.142. The Bertz CT molecular complexity index is 1360. The number of carboxylic acid groups (broad SMARTS) is 1. The van der Waals surface area contributed by atoms with Crippen LogP contribution in [0.3, 0.4) is 0 Å². The van der Waals surface area contributed by atoms with Crippen LogP contribution in [-0.2, 0) is 11.3 Å². The SMILES string of the molecule is O=C(Nc1ccc(Oc2ccccc2)cc1)N[C@H]1C[C@@H](C(=O)O)N(Cc2ccc(-c3ccccc3)cc2)C1. The van der Waals surface area contributed by atoms with Crippen molar-refractivity contribution in [2.24, 2.45) is 0 Å². The second-order valence-corrected chi connectivity index (χ2v) is 9.32. The van der Waals surface area contributed by atoms with Crippen molar-refractivity contribution < 1.29 is 19.4 Å². The highest BCUT2D eigenvalue weighted by atomic mass is 16.5. The predicted octanol–water partition coefficient (Wildman–Crippen LogP) is 6.00. The van der Waals surface area contributed by atoms with Crippen LogP contribution in [0.25, 0.3) is 11.1 Å². The number of carboxylic acids is 1. The molecule has 0 bridgehead atoms. The van der Waals surface area contributed by atoms with Crippen LogP contribution >= 0.6 is 0 Å². The molecule has 0 aromatic heterocycles. The van der Waals surface area contributed by atoms with E-state index in [1.54, 1.807) is 24.3 Å². The maximum absolute atomic E-state index is 12.6. The van der Waals surface area contributed by atoms with Crippen molar-refractivity contribution in [2.45, 2.75) is 25.0 Å². The summed E-state index contributed by atoms with van der Waals surface area (Å²) in [5.41, 5.74) is 3.89. The summed E-state index contributed by atoms with van der Waals surface area (Å²) in [7, 11) is 0. The Kier molecular flexibility index (Phi) is 7.66. The number of nitrogens with one attached hydrogen (secondary N) is 2. The number of rotatable bonds is 8. The molecule has 5 rings (SSSR count). The van der Waals surface area contributed by atoms with Crippen molar-refractivity contribution in [1.82, 2.24) is 10.2 Å². The molecule has 1 aliphatic heterocycles. The molecule has 1 aliphatic rings. The number of carbonyl (C=O) groups is 2. The van der Waals surface area contributed by atoms with Gasteiger partial charge in [-0.15, -0.1) is 0 Å². The van der Waals surface area contributed by atoms with Gasteiger partial charge < -0.3 is 20.5 Å². The van der Waals surface area contributed by atoms with Crippen molar-refractivity contribution >= 4 is 17.7 Å². The van der Waals surface area contributed by atoms with Gasteiger partial charge in [0.1, 0.15) is 17.5 Å². The first-order chi connectivity index (χ1) is 18.5. The van der Waals surface area contributed by atoms with Crippen LogP contribution < -0.4 is 15.4 Å². The fraction of sp³-hybridized carbons (Fsp3) is 0.161. The number of ether oxygens (including phenoxy) is 1. The fourth-order valence-corrected chi connectivity index (χ4v) is 4.69. The number of likely N-dealkylation sites (tertiary alicyclic amines) is 1. The van der Waals surface area contributed by atoms with E-state index in [1.807, 2.05) is 65.6 Å². The topological polar surface area (TPSA) is 90.9 Å². The van der Waals surface area contributed by atoms with Gasteiger partial charge in [-0.2, -0.15) is 0 Å². The number of nitrogens with zero attached hydrogens (tertiary/aromatic N) is 1. The number of amides is 2. The Morgan fingerprint density at radius 1 is 0.789 bits per heavy atom. The van der Waals surface area contributed by atoms with Crippen LogP contribution in [-0.4, -0.2) is 40.6 Å². The summed E-state index contributed by atoms with van der Waals surface area (Å²) in [5, 5.41) is 15.5. The van der Waals surface area contributed by atoms with E-state index >= 15 is 0 Å². The number of urea groups is 1. The predicted molar refractivity (Wildman–Crippen MR) is 147 cm³/mol. The molecule has 4 aromatic carbocycles. The molecule has 0 radical (unpaired) electrons. The van der Waals surface area contributed by atoms with Crippen molar-refractivity contribution in [3.05, 3.63) is 115 Å². The number of anilines is 1. The average molecular weight is 508 g/mol. The van der Waals surface area contributed by atoms with Crippen molar-refractivity contribution in [3.8, 4) is 22.6 Å². The Morgan fingerprint density at radius 3 is 2.05 bits per heavy atom. The van der Waals surface area contributed by atoms with Crippen molar-refractivity contribution in [3.63, 3.8) is 0 Å². The smallest absolute Gasteiger partial charge is 0.321 e. The molecular formula is C31H29N3O4. The number of hydrogen-bond acceptors (Lipinski definition) is 4. The molecule has 4 aromatic rings. The first-order valence-electron chi connectivity index (χ1n) is 12.6. The third-order valence-electron chi connectivity index (χ3n) is 6.56. The zero-order chi connectivity index (χ0) is 26.3. The van der Waals surface area contributed by atoms with E-state index in [1.165, 1.54) is 0 Å². The summed E-state index contributed by atoms with van der Waals surface area (Å²) in [6.07, 6.45) is 0.342. The Hall–Kier alpha value is -4.62. The van der Waals surface area contributed by atoms with E-state index < -0.39 is 12.0 Å².